The molecule has 1 saturated carbocycles. The Kier molecular flexibility index (Phi) is 5.61. The number of halogens is 1. The van der Waals surface area contributed by atoms with Gasteiger partial charge in [-0.05, 0) is 61.2 Å². The minimum Gasteiger partial charge on any atom is -0.438 e. The van der Waals surface area contributed by atoms with E-state index in [0.29, 0.717) is 29.9 Å². The van der Waals surface area contributed by atoms with Crippen molar-refractivity contribution in [3.63, 3.8) is 0 Å². The first-order chi connectivity index (χ1) is 16.4. The van der Waals surface area contributed by atoms with Gasteiger partial charge in [-0.15, -0.1) is 0 Å². The van der Waals surface area contributed by atoms with Crippen molar-refractivity contribution in [1.82, 2.24) is 15.0 Å². The van der Waals surface area contributed by atoms with Crippen molar-refractivity contribution < 1.29 is 18.7 Å². The van der Waals surface area contributed by atoms with Crippen LogP contribution in [0.15, 0.2) is 67.1 Å². The SMILES string of the molecule is Cc1cc2ncnc(Oc3ccc(CC(=O)C4(C(=O)Cc5ccc(F)cc5)CC4)cc3)c2cn1. The van der Waals surface area contributed by atoms with E-state index in [9.17, 15) is 14.0 Å². The van der Waals surface area contributed by atoms with E-state index in [1.54, 1.807) is 30.5 Å². The lowest BCUT2D eigenvalue weighted by atomic mass is 9.88. The Morgan fingerprint density at radius 1 is 0.912 bits per heavy atom. The molecule has 170 valence electrons. The highest BCUT2D eigenvalue weighted by Crippen LogP contribution is 2.48. The third-order valence-corrected chi connectivity index (χ3v) is 6.22. The van der Waals surface area contributed by atoms with Crippen LogP contribution in [0.3, 0.4) is 0 Å². The van der Waals surface area contributed by atoms with Crippen LogP contribution in [0, 0.1) is 18.2 Å². The van der Waals surface area contributed by atoms with Crippen molar-refractivity contribution in [2.45, 2.75) is 32.6 Å². The number of hydrogen-bond donors (Lipinski definition) is 0. The molecule has 0 saturated heterocycles. The number of Topliss-reactive ketones (excluding diaryl/α,β-unsaturated/α-hetero) is 2. The number of benzene rings is 2. The summed E-state index contributed by atoms with van der Waals surface area (Å²) in [6, 6.07) is 14.9. The lowest BCUT2D eigenvalue weighted by molar-refractivity contribution is -0.133. The fourth-order valence-electron chi connectivity index (χ4n) is 4.05. The van der Waals surface area contributed by atoms with Crippen molar-refractivity contribution in [2.75, 3.05) is 0 Å². The summed E-state index contributed by atoms with van der Waals surface area (Å²) in [5, 5.41) is 0.711. The van der Waals surface area contributed by atoms with Gasteiger partial charge in [0.2, 0.25) is 5.88 Å². The van der Waals surface area contributed by atoms with Crippen LogP contribution in [0.25, 0.3) is 10.9 Å². The molecule has 5 rings (SSSR count). The number of ketones is 2. The number of pyridine rings is 1. The zero-order chi connectivity index (χ0) is 23.7. The molecule has 2 aromatic carbocycles. The summed E-state index contributed by atoms with van der Waals surface area (Å²) >= 11 is 0. The van der Waals surface area contributed by atoms with E-state index in [1.807, 2.05) is 25.1 Å². The van der Waals surface area contributed by atoms with Crippen LogP contribution in [-0.2, 0) is 22.4 Å². The maximum Gasteiger partial charge on any atom is 0.231 e. The maximum absolute atomic E-state index is 13.1. The first-order valence-corrected chi connectivity index (χ1v) is 11.1. The Balaban J connectivity index is 1.25. The highest BCUT2D eigenvalue weighted by atomic mass is 19.1. The lowest BCUT2D eigenvalue weighted by Crippen LogP contribution is -2.28. The molecule has 0 aliphatic heterocycles. The van der Waals surface area contributed by atoms with Gasteiger partial charge in [0.25, 0.3) is 0 Å². The number of aryl methyl sites for hydroxylation is 1. The normalized spacial score (nSPS) is 14.1. The molecule has 0 radical (unpaired) electrons. The Morgan fingerprint density at radius 3 is 2.15 bits per heavy atom. The Morgan fingerprint density at radius 2 is 1.53 bits per heavy atom. The highest BCUT2D eigenvalue weighted by molar-refractivity contribution is 6.10. The van der Waals surface area contributed by atoms with E-state index in [2.05, 4.69) is 15.0 Å². The van der Waals surface area contributed by atoms with Gasteiger partial charge in [0.05, 0.1) is 16.3 Å². The van der Waals surface area contributed by atoms with Crippen LogP contribution in [0.5, 0.6) is 11.6 Å². The molecule has 0 bridgehead atoms. The molecule has 4 aromatic rings. The molecule has 0 spiro atoms. The highest BCUT2D eigenvalue weighted by Gasteiger charge is 2.54. The van der Waals surface area contributed by atoms with E-state index in [-0.39, 0.29) is 30.2 Å². The molecule has 1 aliphatic rings. The molecule has 2 aromatic heterocycles. The van der Waals surface area contributed by atoms with Crippen molar-refractivity contribution in [1.29, 1.82) is 0 Å². The van der Waals surface area contributed by atoms with Gasteiger partial charge >= 0.3 is 0 Å². The van der Waals surface area contributed by atoms with E-state index >= 15 is 0 Å². The molecule has 0 amide bonds. The van der Waals surface area contributed by atoms with Gasteiger partial charge in [-0.1, -0.05) is 24.3 Å². The number of nitrogens with zero attached hydrogens (tertiary/aromatic N) is 3. The molecule has 0 atom stereocenters. The van der Waals surface area contributed by atoms with Gasteiger partial charge in [0, 0.05) is 24.7 Å². The van der Waals surface area contributed by atoms with Gasteiger partial charge in [-0.2, -0.15) is 0 Å². The zero-order valence-electron chi connectivity index (χ0n) is 18.6. The quantitative estimate of drug-likeness (QED) is 0.349. The molecule has 1 fully saturated rings. The average Bonchev–Trinajstić information content (AvgIpc) is 3.64. The van der Waals surface area contributed by atoms with Gasteiger partial charge in [0.15, 0.2) is 11.6 Å². The summed E-state index contributed by atoms with van der Waals surface area (Å²) in [5.41, 5.74) is 2.22. The molecule has 7 heteroatoms. The summed E-state index contributed by atoms with van der Waals surface area (Å²) < 4.78 is 19.0. The molecular formula is C27H22FN3O3. The number of hydrogen-bond acceptors (Lipinski definition) is 6. The molecule has 6 nitrogen and oxygen atoms in total. The summed E-state index contributed by atoms with van der Waals surface area (Å²) in [6.07, 6.45) is 4.59. The minimum absolute atomic E-state index is 0.0727. The Labute approximate surface area is 195 Å². The van der Waals surface area contributed by atoms with Gasteiger partial charge in [-0.25, -0.2) is 14.4 Å². The predicted octanol–water partition coefficient (Wildman–Crippen LogP) is 4.97. The summed E-state index contributed by atoms with van der Waals surface area (Å²) in [5.74, 6) is 0.468. The van der Waals surface area contributed by atoms with Crippen molar-refractivity contribution in [3.8, 4) is 11.6 Å². The standard InChI is InChI=1S/C27H22FN3O3/c1-17-12-23-22(15-29-17)26(31-16-30-23)34-21-8-4-19(5-9-21)14-25(33)27(10-11-27)24(32)13-18-2-6-20(28)7-3-18/h2-9,12,15-16H,10-11,13-14H2,1H3. The molecule has 2 heterocycles. The lowest BCUT2D eigenvalue weighted by Gasteiger charge is -2.13. The van der Waals surface area contributed by atoms with Gasteiger partial charge in [0.1, 0.15) is 17.9 Å². The van der Waals surface area contributed by atoms with E-state index in [4.69, 9.17) is 4.74 Å². The summed E-state index contributed by atoms with van der Waals surface area (Å²) in [6.45, 7) is 1.89. The summed E-state index contributed by atoms with van der Waals surface area (Å²) in [4.78, 5) is 38.6. The van der Waals surface area contributed by atoms with Crippen LogP contribution < -0.4 is 4.74 Å². The van der Waals surface area contributed by atoms with Crippen LogP contribution in [0.4, 0.5) is 4.39 Å². The van der Waals surface area contributed by atoms with E-state index < -0.39 is 5.41 Å². The zero-order valence-corrected chi connectivity index (χ0v) is 18.6. The first kappa shape index (κ1) is 21.8. The second-order valence-electron chi connectivity index (χ2n) is 8.68. The van der Waals surface area contributed by atoms with Crippen LogP contribution in [0.1, 0.15) is 29.7 Å². The molecule has 0 N–H and O–H groups in total. The van der Waals surface area contributed by atoms with Gasteiger partial charge < -0.3 is 4.74 Å². The fraction of sp³-hybridized carbons (Fsp3) is 0.222. The van der Waals surface area contributed by atoms with Crippen LogP contribution >= 0.6 is 0 Å². The third kappa shape index (κ3) is 4.41. The average molecular weight is 455 g/mol. The molecule has 0 unspecified atom stereocenters. The van der Waals surface area contributed by atoms with Crippen molar-refractivity contribution in [3.05, 3.63) is 89.8 Å². The van der Waals surface area contributed by atoms with E-state index in [1.165, 1.54) is 18.5 Å². The predicted molar refractivity (Wildman–Crippen MR) is 124 cm³/mol. The molecular weight excluding hydrogens is 433 g/mol. The van der Waals surface area contributed by atoms with E-state index in [0.717, 1.165) is 22.3 Å². The Hall–Kier alpha value is -4.00. The number of aromatic nitrogens is 3. The molecule has 34 heavy (non-hydrogen) atoms. The number of ether oxygens (including phenoxy) is 1. The third-order valence-electron chi connectivity index (χ3n) is 6.22. The molecule has 1 aliphatic carbocycles. The second kappa shape index (κ2) is 8.74. The minimum atomic E-state index is -0.908. The largest absolute Gasteiger partial charge is 0.438 e. The van der Waals surface area contributed by atoms with Crippen LogP contribution in [-0.4, -0.2) is 26.5 Å². The Bertz CT molecular complexity index is 1380. The number of rotatable bonds is 8. The topological polar surface area (TPSA) is 82.0 Å². The van der Waals surface area contributed by atoms with Crippen molar-refractivity contribution in [2.24, 2.45) is 5.41 Å². The number of carbonyl (C=O) groups excluding carboxylic acids is 2. The maximum atomic E-state index is 13.1. The number of fused-ring (bicyclic) bond motifs is 1. The fourth-order valence-corrected chi connectivity index (χ4v) is 4.05. The van der Waals surface area contributed by atoms with Crippen LogP contribution in [0.2, 0.25) is 0 Å². The smallest absolute Gasteiger partial charge is 0.231 e. The van der Waals surface area contributed by atoms with Gasteiger partial charge in [-0.3, -0.25) is 14.6 Å². The van der Waals surface area contributed by atoms with Crippen molar-refractivity contribution >= 4 is 22.5 Å². The number of carbonyl (C=O) groups is 2. The monoisotopic (exact) mass is 455 g/mol. The summed E-state index contributed by atoms with van der Waals surface area (Å²) in [7, 11) is 0. The first-order valence-electron chi connectivity index (χ1n) is 11.1. The second-order valence-corrected chi connectivity index (χ2v) is 8.68.